The van der Waals surface area contributed by atoms with Gasteiger partial charge in [0.1, 0.15) is 0 Å². The number of hydrogen-bond donors (Lipinski definition) is 1. The molecule has 1 heterocycles. The molecule has 0 aromatic rings. The molecule has 0 aliphatic carbocycles. The first-order chi connectivity index (χ1) is 7.47. The smallest absolute Gasteiger partial charge is 0.228 e. The van der Waals surface area contributed by atoms with Crippen LogP contribution in [0.5, 0.6) is 0 Å². The summed E-state index contributed by atoms with van der Waals surface area (Å²) >= 11 is 0. The molecule has 94 valence electrons. The van der Waals surface area contributed by atoms with Gasteiger partial charge in [0.15, 0.2) is 0 Å². The Morgan fingerprint density at radius 1 is 1.56 bits per heavy atom. The standard InChI is InChI=1S/C12H23NO3/c1-8-5-11(7-16-4)6-13(8)12(15)9(2)10(3)14/h8-11,14H,5-7H2,1-4H3/t8-,9?,10?,11?/m1/s1. The SMILES string of the molecule is COCC1C[C@@H](C)N(C(=O)C(C)C(C)O)C1. The van der Waals surface area contributed by atoms with E-state index in [1.165, 1.54) is 0 Å². The second kappa shape index (κ2) is 5.64. The van der Waals surface area contributed by atoms with Crippen LogP contribution in [0.2, 0.25) is 0 Å². The highest BCUT2D eigenvalue weighted by Gasteiger charge is 2.35. The molecule has 1 aliphatic heterocycles. The van der Waals surface area contributed by atoms with E-state index in [1.54, 1.807) is 21.0 Å². The maximum absolute atomic E-state index is 12.1. The predicted octanol–water partition coefficient (Wildman–Crippen LogP) is 0.887. The topological polar surface area (TPSA) is 49.8 Å². The number of hydrogen-bond acceptors (Lipinski definition) is 3. The van der Waals surface area contributed by atoms with Gasteiger partial charge in [-0.05, 0) is 20.3 Å². The summed E-state index contributed by atoms with van der Waals surface area (Å²) in [4.78, 5) is 13.9. The summed E-state index contributed by atoms with van der Waals surface area (Å²) in [6.07, 6.45) is 0.410. The second-order valence-corrected chi connectivity index (χ2v) is 4.93. The minimum absolute atomic E-state index is 0.0566. The van der Waals surface area contributed by atoms with Crippen LogP contribution in [0.15, 0.2) is 0 Å². The monoisotopic (exact) mass is 229 g/mol. The Hall–Kier alpha value is -0.610. The molecule has 0 spiro atoms. The number of carbonyl (C=O) groups excluding carboxylic acids is 1. The molecule has 0 aromatic heterocycles. The van der Waals surface area contributed by atoms with E-state index in [9.17, 15) is 9.90 Å². The number of aliphatic hydroxyl groups excluding tert-OH is 1. The fourth-order valence-electron chi connectivity index (χ4n) is 2.27. The third-order valence-electron chi connectivity index (χ3n) is 3.46. The molecule has 0 saturated carbocycles. The van der Waals surface area contributed by atoms with Gasteiger partial charge in [0, 0.05) is 25.6 Å². The zero-order valence-corrected chi connectivity index (χ0v) is 10.6. The molecule has 16 heavy (non-hydrogen) atoms. The van der Waals surface area contributed by atoms with Crippen molar-refractivity contribution in [1.82, 2.24) is 4.90 Å². The summed E-state index contributed by atoms with van der Waals surface area (Å²) in [6, 6.07) is 0.258. The third kappa shape index (κ3) is 2.95. The van der Waals surface area contributed by atoms with Gasteiger partial charge in [-0.15, -0.1) is 0 Å². The van der Waals surface area contributed by atoms with Crippen molar-refractivity contribution in [3.63, 3.8) is 0 Å². The van der Waals surface area contributed by atoms with E-state index in [0.29, 0.717) is 12.5 Å². The summed E-state index contributed by atoms with van der Waals surface area (Å²) < 4.78 is 5.12. The fraction of sp³-hybridized carbons (Fsp3) is 0.917. The number of rotatable bonds is 4. The van der Waals surface area contributed by atoms with Crippen LogP contribution in [0.25, 0.3) is 0 Å². The van der Waals surface area contributed by atoms with Crippen LogP contribution in [-0.2, 0) is 9.53 Å². The van der Waals surface area contributed by atoms with Crippen molar-refractivity contribution in [1.29, 1.82) is 0 Å². The summed E-state index contributed by atoms with van der Waals surface area (Å²) in [5.74, 6) is 0.176. The quantitative estimate of drug-likeness (QED) is 0.778. The number of nitrogens with zero attached hydrogens (tertiary/aromatic N) is 1. The van der Waals surface area contributed by atoms with Gasteiger partial charge in [-0.3, -0.25) is 4.79 Å². The van der Waals surface area contributed by atoms with E-state index in [1.807, 2.05) is 4.90 Å². The molecule has 1 aliphatic rings. The molecule has 4 nitrogen and oxygen atoms in total. The van der Waals surface area contributed by atoms with Crippen LogP contribution in [0, 0.1) is 11.8 Å². The first kappa shape index (κ1) is 13.5. The molecular formula is C12H23NO3. The average Bonchev–Trinajstić information content (AvgIpc) is 2.58. The lowest BCUT2D eigenvalue weighted by Crippen LogP contribution is -2.41. The van der Waals surface area contributed by atoms with Crippen LogP contribution < -0.4 is 0 Å². The highest BCUT2D eigenvalue weighted by atomic mass is 16.5. The van der Waals surface area contributed by atoms with Gasteiger partial charge < -0.3 is 14.7 Å². The first-order valence-electron chi connectivity index (χ1n) is 5.94. The number of aliphatic hydroxyl groups is 1. The van der Waals surface area contributed by atoms with E-state index >= 15 is 0 Å². The first-order valence-corrected chi connectivity index (χ1v) is 5.94. The maximum atomic E-state index is 12.1. The Morgan fingerprint density at radius 3 is 2.69 bits per heavy atom. The van der Waals surface area contributed by atoms with E-state index in [2.05, 4.69) is 6.92 Å². The lowest BCUT2D eigenvalue weighted by molar-refractivity contribution is -0.138. The molecule has 1 amide bonds. The fourth-order valence-corrected chi connectivity index (χ4v) is 2.27. The van der Waals surface area contributed by atoms with Gasteiger partial charge in [-0.1, -0.05) is 6.92 Å². The Bertz CT molecular complexity index is 242. The number of carbonyl (C=O) groups is 1. The van der Waals surface area contributed by atoms with Crippen LogP contribution in [0.1, 0.15) is 27.2 Å². The molecule has 4 atom stereocenters. The van der Waals surface area contributed by atoms with Gasteiger partial charge in [-0.2, -0.15) is 0 Å². The predicted molar refractivity (Wildman–Crippen MR) is 62.0 cm³/mol. The summed E-state index contributed by atoms with van der Waals surface area (Å²) in [6.45, 7) is 6.96. The number of methoxy groups -OCH3 is 1. The molecule has 1 saturated heterocycles. The molecule has 1 fully saturated rings. The third-order valence-corrected chi connectivity index (χ3v) is 3.46. The van der Waals surface area contributed by atoms with Crippen molar-refractivity contribution in [3.8, 4) is 0 Å². The van der Waals surface area contributed by atoms with Crippen molar-refractivity contribution in [3.05, 3.63) is 0 Å². The van der Waals surface area contributed by atoms with Crippen LogP contribution >= 0.6 is 0 Å². The van der Waals surface area contributed by atoms with Crippen molar-refractivity contribution in [2.75, 3.05) is 20.3 Å². The van der Waals surface area contributed by atoms with Gasteiger partial charge in [0.05, 0.1) is 18.6 Å². The lowest BCUT2D eigenvalue weighted by atomic mass is 10.0. The zero-order chi connectivity index (χ0) is 12.3. The highest BCUT2D eigenvalue weighted by molar-refractivity contribution is 5.79. The van der Waals surface area contributed by atoms with Crippen molar-refractivity contribution in [2.24, 2.45) is 11.8 Å². The lowest BCUT2D eigenvalue weighted by Gasteiger charge is -2.26. The van der Waals surface area contributed by atoms with E-state index in [0.717, 1.165) is 13.0 Å². The largest absolute Gasteiger partial charge is 0.393 e. The molecule has 1 N–H and O–H groups in total. The number of likely N-dealkylation sites (tertiary alicyclic amines) is 1. The molecule has 0 radical (unpaired) electrons. The van der Waals surface area contributed by atoms with Crippen molar-refractivity contribution >= 4 is 5.91 Å². The Labute approximate surface area is 97.6 Å². The van der Waals surface area contributed by atoms with Gasteiger partial charge >= 0.3 is 0 Å². The normalized spacial score (nSPS) is 29.2. The zero-order valence-electron chi connectivity index (χ0n) is 10.6. The molecule has 3 unspecified atom stereocenters. The number of ether oxygens (including phenoxy) is 1. The van der Waals surface area contributed by atoms with Gasteiger partial charge in [0.2, 0.25) is 5.91 Å². The Kier molecular flexibility index (Phi) is 4.74. The summed E-state index contributed by atoms with van der Waals surface area (Å²) in [5, 5.41) is 9.43. The average molecular weight is 229 g/mol. The maximum Gasteiger partial charge on any atom is 0.228 e. The van der Waals surface area contributed by atoms with E-state index < -0.39 is 6.10 Å². The van der Waals surface area contributed by atoms with Crippen molar-refractivity contribution < 1.29 is 14.6 Å². The Morgan fingerprint density at radius 2 is 2.19 bits per heavy atom. The minimum atomic E-state index is -0.582. The van der Waals surface area contributed by atoms with Crippen molar-refractivity contribution in [2.45, 2.75) is 39.3 Å². The molecule has 0 aromatic carbocycles. The van der Waals surface area contributed by atoms with Crippen LogP contribution in [-0.4, -0.2) is 48.3 Å². The van der Waals surface area contributed by atoms with Gasteiger partial charge in [0.25, 0.3) is 0 Å². The van der Waals surface area contributed by atoms with Crippen LogP contribution in [0.3, 0.4) is 0 Å². The minimum Gasteiger partial charge on any atom is -0.393 e. The van der Waals surface area contributed by atoms with E-state index in [4.69, 9.17) is 4.74 Å². The Balaban J connectivity index is 2.57. The number of amides is 1. The summed E-state index contributed by atoms with van der Waals surface area (Å²) in [7, 11) is 1.69. The highest BCUT2D eigenvalue weighted by Crippen LogP contribution is 2.25. The van der Waals surface area contributed by atoms with E-state index in [-0.39, 0.29) is 17.9 Å². The molecule has 4 heteroatoms. The molecular weight excluding hydrogens is 206 g/mol. The molecule has 1 rings (SSSR count). The second-order valence-electron chi connectivity index (χ2n) is 4.93. The summed E-state index contributed by atoms with van der Waals surface area (Å²) in [5.41, 5.74) is 0. The molecule has 0 bridgehead atoms. The van der Waals surface area contributed by atoms with Crippen LogP contribution in [0.4, 0.5) is 0 Å². The van der Waals surface area contributed by atoms with Gasteiger partial charge in [-0.25, -0.2) is 0 Å².